The average Bonchev–Trinajstić information content (AvgIpc) is 3.17. The molecule has 2 N–H and O–H groups in total. The molecule has 0 atom stereocenters. The smallest absolute Gasteiger partial charge is 0.257 e. The molecule has 0 bridgehead atoms. The Labute approximate surface area is 186 Å². The Bertz CT molecular complexity index is 1240. The summed E-state index contributed by atoms with van der Waals surface area (Å²) in [6.07, 6.45) is 0. The number of ether oxygens (including phenoxy) is 1. The van der Waals surface area contributed by atoms with Crippen molar-refractivity contribution in [2.75, 3.05) is 12.4 Å². The summed E-state index contributed by atoms with van der Waals surface area (Å²) in [4.78, 5) is 16.9. The quantitative estimate of drug-likeness (QED) is 0.380. The number of carbonyl (C=O) groups is 1. The van der Waals surface area contributed by atoms with Crippen molar-refractivity contribution in [1.82, 2.24) is 10.3 Å². The van der Waals surface area contributed by atoms with Crippen molar-refractivity contribution >= 4 is 56.0 Å². The predicted molar refractivity (Wildman–Crippen MR) is 124 cm³/mol. The molecule has 0 aliphatic carbocycles. The molecule has 0 aliphatic heterocycles. The Balaban J connectivity index is 1.46. The number of halogens is 1. The number of nitrogens with zero attached hydrogens (tertiary/aromatic N) is 1. The zero-order valence-corrected chi connectivity index (χ0v) is 18.2. The minimum atomic E-state index is -0.311. The lowest BCUT2D eigenvalue weighted by Crippen LogP contribution is -2.34. The van der Waals surface area contributed by atoms with E-state index in [9.17, 15) is 4.79 Å². The second-order valence-electron chi connectivity index (χ2n) is 6.35. The minimum absolute atomic E-state index is 0.186. The number of anilines is 1. The van der Waals surface area contributed by atoms with Gasteiger partial charge in [-0.15, -0.1) is 0 Å². The number of hydrogen-bond donors (Lipinski definition) is 2. The van der Waals surface area contributed by atoms with Crippen LogP contribution in [0.25, 0.3) is 22.6 Å². The lowest BCUT2D eigenvalue weighted by atomic mass is 10.2. The SMILES string of the molecule is COc1ccc(C(=O)NC(=S)Nc2ccc3oc(-c4cccc(Br)c4)nc3c2)cc1. The molecule has 1 heterocycles. The van der Waals surface area contributed by atoms with Crippen LogP contribution < -0.4 is 15.4 Å². The fraction of sp³-hybridized carbons (Fsp3) is 0.0455. The summed E-state index contributed by atoms with van der Waals surface area (Å²) in [6.45, 7) is 0. The van der Waals surface area contributed by atoms with E-state index in [1.165, 1.54) is 0 Å². The number of aromatic nitrogens is 1. The molecular formula is C22H16BrN3O3S. The molecular weight excluding hydrogens is 466 g/mol. The maximum absolute atomic E-state index is 12.3. The van der Waals surface area contributed by atoms with E-state index in [1.54, 1.807) is 37.4 Å². The zero-order chi connectivity index (χ0) is 21.1. The van der Waals surface area contributed by atoms with E-state index in [1.807, 2.05) is 36.4 Å². The van der Waals surface area contributed by atoms with Crippen LogP contribution >= 0.6 is 28.1 Å². The van der Waals surface area contributed by atoms with Gasteiger partial charge in [0.25, 0.3) is 5.91 Å². The summed E-state index contributed by atoms with van der Waals surface area (Å²) in [5.41, 5.74) is 3.38. The Morgan fingerprint density at radius 2 is 1.90 bits per heavy atom. The van der Waals surface area contributed by atoms with Gasteiger partial charge in [-0.2, -0.15) is 0 Å². The van der Waals surface area contributed by atoms with E-state index < -0.39 is 0 Å². The van der Waals surface area contributed by atoms with Gasteiger partial charge >= 0.3 is 0 Å². The molecule has 0 aliphatic rings. The molecule has 0 radical (unpaired) electrons. The van der Waals surface area contributed by atoms with Crippen LogP contribution in [-0.4, -0.2) is 23.1 Å². The highest BCUT2D eigenvalue weighted by molar-refractivity contribution is 9.10. The van der Waals surface area contributed by atoms with Crippen molar-refractivity contribution in [3.05, 3.63) is 76.8 Å². The summed E-state index contributed by atoms with van der Waals surface area (Å²) < 4.78 is 11.9. The second-order valence-corrected chi connectivity index (χ2v) is 7.67. The number of amides is 1. The lowest BCUT2D eigenvalue weighted by molar-refractivity contribution is 0.0977. The van der Waals surface area contributed by atoms with Crippen LogP contribution in [0.3, 0.4) is 0 Å². The van der Waals surface area contributed by atoms with E-state index in [0.717, 1.165) is 10.0 Å². The fourth-order valence-corrected chi connectivity index (χ4v) is 3.44. The molecule has 0 saturated heterocycles. The highest BCUT2D eigenvalue weighted by atomic mass is 79.9. The molecule has 8 heteroatoms. The molecule has 6 nitrogen and oxygen atoms in total. The van der Waals surface area contributed by atoms with Crippen LogP contribution in [0.2, 0.25) is 0 Å². The number of benzene rings is 3. The molecule has 4 rings (SSSR count). The van der Waals surface area contributed by atoms with Crippen molar-refractivity contribution < 1.29 is 13.9 Å². The van der Waals surface area contributed by atoms with Crippen molar-refractivity contribution in [2.24, 2.45) is 0 Å². The van der Waals surface area contributed by atoms with Crippen molar-refractivity contribution in [2.45, 2.75) is 0 Å². The summed E-state index contributed by atoms with van der Waals surface area (Å²) in [5, 5.41) is 5.85. The number of methoxy groups -OCH3 is 1. The maximum atomic E-state index is 12.3. The molecule has 0 unspecified atom stereocenters. The third kappa shape index (κ3) is 4.50. The van der Waals surface area contributed by atoms with E-state index in [0.29, 0.717) is 34.0 Å². The standard InChI is InChI=1S/C22H16BrN3O3S/c1-28-17-8-5-13(6-9-17)20(27)26-22(30)24-16-7-10-19-18(12-16)25-21(29-19)14-3-2-4-15(23)11-14/h2-12H,1H3,(H2,24,26,27,30). The second kappa shape index (κ2) is 8.64. The Morgan fingerprint density at radius 1 is 1.10 bits per heavy atom. The molecule has 4 aromatic rings. The summed E-state index contributed by atoms with van der Waals surface area (Å²) >= 11 is 8.71. The van der Waals surface area contributed by atoms with Gasteiger partial charge in [-0.05, 0) is 72.9 Å². The Kier molecular flexibility index (Phi) is 5.78. The zero-order valence-electron chi connectivity index (χ0n) is 15.8. The Morgan fingerprint density at radius 3 is 2.63 bits per heavy atom. The van der Waals surface area contributed by atoms with Crippen molar-refractivity contribution in [1.29, 1.82) is 0 Å². The van der Waals surface area contributed by atoms with E-state index in [-0.39, 0.29) is 11.0 Å². The van der Waals surface area contributed by atoms with E-state index in [4.69, 9.17) is 21.4 Å². The largest absolute Gasteiger partial charge is 0.497 e. The van der Waals surface area contributed by atoms with E-state index in [2.05, 4.69) is 31.5 Å². The van der Waals surface area contributed by atoms with Crippen LogP contribution in [0.5, 0.6) is 5.75 Å². The van der Waals surface area contributed by atoms with Crippen molar-refractivity contribution in [3.8, 4) is 17.2 Å². The third-order valence-electron chi connectivity index (χ3n) is 4.30. The fourth-order valence-electron chi connectivity index (χ4n) is 2.83. The van der Waals surface area contributed by atoms with Gasteiger partial charge in [-0.1, -0.05) is 22.0 Å². The molecule has 30 heavy (non-hydrogen) atoms. The topological polar surface area (TPSA) is 76.4 Å². The average molecular weight is 482 g/mol. The lowest BCUT2D eigenvalue weighted by Gasteiger charge is -2.09. The van der Waals surface area contributed by atoms with Gasteiger partial charge < -0.3 is 14.5 Å². The maximum Gasteiger partial charge on any atom is 0.257 e. The van der Waals surface area contributed by atoms with Crippen LogP contribution in [0, 0.1) is 0 Å². The molecule has 150 valence electrons. The molecule has 1 aromatic heterocycles. The monoisotopic (exact) mass is 481 g/mol. The van der Waals surface area contributed by atoms with Crippen LogP contribution in [-0.2, 0) is 0 Å². The first kappa shape index (κ1) is 20.1. The summed E-state index contributed by atoms with van der Waals surface area (Å²) in [5.74, 6) is 0.892. The normalized spacial score (nSPS) is 10.6. The first-order valence-corrected chi connectivity index (χ1v) is 10.1. The Hall–Kier alpha value is -3.23. The van der Waals surface area contributed by atoms with Gasteiger partial charge in [0.1, 0.15) is 11.3 Å². The number of hydrogen-bond acceptors (Lipinski definition) is 5. The number of thiocarbonyl (C=S) groups is 1. The molecule has 3 aromatic carbocycles. The van der Waals surface area contributed by atoms with Crippen molar-refractivity contribution in [3.63, 3.8) is 0 Å². The molecule has 0 fully saturated rings. The number of fused-ring (bicyclic) bond motifs is 1. The highest BCUT2D eigenvalue weighted by Crippen LogP contribution is 2.27. The minimum Gasteiger partial charge on any atom is -0.497 e. The number of rotatable bonds is 4. The van der Waals surface area contributed by atoms with Gasteiger partial charge in [0, 0.05) is 21.3 Å². The first-order valence-electron chi connectivity index (χ1n) is 8.95. The van der Waals surface area contributed by atoms with Gasteiger partial charge in [-0.3, -0.25) is 10.1 Å². The number of carbonyl (C=O) groups excluding carboxylic acids is 1. The molecule has 1 amide bonds. The van der Waals surface area contributed by atoms with Crippen LogP contribution in [0.15, 0.2) is 75.6 Å². The van der Waals surface area contributed by atoms with Gasteiger partial charge in [0.15, 0.2) is 10.7 Å². The highest BCUT2D eigenvalue weighted by Gasteiger charge is 2.11. The summed E-state index contributed by atoms with van der Waals surface area (Å²) in [7, 11) is 1.57. The van der Waals surface area contributed by atoms with Gasteiger partial charge in [0.05, 0.1) is 7.11 Å². The molecule has 0 spiro atoms. The predicted octanol–water partition coefficient (Wildman–Crippen LogP) is 5.39. The first-order chi connectivity index (χ1) is 14.5. The number of oxazole rings is 1. The van der Waals surface area contributed by atoms with Crippen LogP contribution in [0.1, 0.15) is 10.4 Å². The third-order valence-corrected chi connectivity index (χ3v) is 4.99. The number of nitrogens with one attached hydrogen (secondary N) is 2. The van der Waals surface area contributed by atoms with Gasteiger partial charge in [-0.25, -0.2) is 4.98 Å². The van der Waals surface area contributed by atoms with E-state index >= 15 is 0 Å². The van der Waals surface area contributed by atoms with Gasteiger partial charge in [0.2, 0.25) is 5.89 Å². The molecule has 0 saturated carbocycles. The summed E-state index contributed by atoms with van der Waals surface area (Å²) in [6, 6.07) is 19.9. The van der Waals surface area contributed by atoms with Crippen LogP contribution in [0.4, 0.5) is 5.69 Å².